The van der Waals surface area contributed by atoms with Crippen LogP contribution in [-0.2, 0) is 14.8 Å². The molecule has 8 nitrogen and oxygen atoms in total. The Balaban J connectivity index is 2.05. The Kier molecular flexibility index (Phi) is 8.04. The van der Waals surface area contributed by atoms with Gasteiger partial charge in [0.1, 0.15) is 11.8 Å². The van der Waals surface area contributed by atoms with E-state index in [0.717, 1.165) is 6.26 Å². The number of hydrogen-bond donors (Lipinski definition) is 2. The molecule has 0 spiro atoms. The first-order valence-corrected chi connectivity index (χ1v) is 11.8. The summed E-state index contributed by atoms with van der Waals surface area (Å²) >= 11 is 0. The van der Waals surface area contributed by atoms with Crippen molar-refractivity contribution in [2.75, 3.05) is 26.0 Å². The van der Waals surface area contributed by atoms with Crippen LogP contribution >= 0.6 is 0 Å². The van der Waals surface area contributed by atoms with Crippen molar-refractivity contribution in [2.45, 2.75) is 45.7 Å². The summed E-state index contributed by atoms with van der Waals surface area (Å²) in [6, 6.07) is 5.76. The zero-order valence-electron chi connectivity index (χ0n) is 17.5. The molecule has 0 radical (unpaired) electrons. The van der Waals surface area contributed by atoms with Crippen LogP contribution in [0.5, 0.6) is 5.75 Å². The third-order valence-electron chi connectivity index (χ3n) is 4.76. The lowest BCUT2D eigenvalue weighted by molar-refractivity contribution is -0.135. The van der Waals surface area contributed by atoms with Crippen molar-refractivity contribution < 1.29 is 22.7 Å². The molecule has 29 heavy (non-hydrogen) atoms. The highest BCUT2D eigenvalue weighted by Gasteiger charge is 2.32. The Morgan fingerprint density at radius 3 is 2.45 bits per heavy atom. The summed E-state index contributed by atoms with van der Waals surface area (Å²) in [6.07, 6.45) is 2.50. The van der Waals surface area contributed by atoms with Crippen LogP contribution in [0.2, 0.25) is 0 Å². The second kappa shape index (κ2) is 10.1. The normalized spacial score (nSPS) is 18.4. The Hall–Kier alpha value is -2.13. The van der Waals surface area contributed by atoms with Gasteiger partial charge in [0.25, 0.3) is 5.91 Å². The molecular weight excluding hydrogens is 394 g/mol. The molecule has 1 heterocycles. The molecule has 162 valence electrons. The van der Waals surface area contributed by atoms with Crippen LogP contribution < -0.4 is 14.8 Å². The quantitative estimate of drug-likeness (QED) is 0.655. The average Bonchev–Trinajstić information content (AvgIpc) is 2.65. The third-order valence-corrected chi connectivity index (χ3v) is 5.52. The standard InChI is InChI=1S/C20H31N3O5S/c1-5-28-17-10-8-15(9-11-17)19(24)21-18(14(2)3)20(25)23-12-6-7-16(13-23)22-29(4,26)27/h8-11,14,16,18,22H,5-7,12-13H2,1-4H3,(H,21,24). The van der Waals surface area contributed by atoms with Crippen LogP contribution in [0.15, 0.2) is 24.3 Å². The number of nitrogens with one attached hydrogen (secondary N) is 2. The van der Waals surface area contributed by atoms with Gasteiger partial charge >= 0.3 is 0 Å². The molecule has 1 aliphatic rings. The molecule has 2 N–H and O–H groups in total. The fraction of sp³-hybridized carbons (Fsp3) is 0.600. The van der Waals surface area contributed by atoms with Gasteiger partial charge in [0.2, 0.25) is 15.9 Å². The molecule has 1 fully saturated rings. The topological polar surface area (TPSA) is 105 Å². The minimum Gasteiger partial charge on any atom is -0.494 e. The Bertz CT molecular complexity index is 808. The van der Waals surface area contributed by atoms with Crippen LogP contribution in [-0.4, -0.2) is 63.2 Å². The van der Waals surface area contributed by atoms with Crippen LogP contribution in [0.25, 0.3) is 0 Å². The highest BCUT2D eigenvalue weighted by molar-refractivity contribution is 7.88. The minimum atomic E-state index is -3.34. The first kappa shape index (κ1) is 23.2. The predicted molar refractivity (Wildman–Crippen MR) is 111 cm³/mol. The van der Waals surface area contributed by atoms with E-state index in [1.807, 2.05) is 20.8 Å². The molecule has 2 atom stereocenters. The zero-order valence-corrected chi connectivity index (χ0v) is 18.3. The number of carbonyl (C=O) groups is 2. The number of carbonyl (C=O) groups excluding carboxylic acids is 2. The summed E-state index contributed by atoms with van der Waals surface area (Å²) in [5, 5.41) is 2.83. The molecule has 1 aromatic rings. The summed E-state index contributed by atoms with van der Waals surface area (Å²) in [7, 11) is -3.34. The summed E-state index contributed by atoms with van der Waals surface area (Å²) in [5.74, 6) is 0.0397. The van der Waals surface area contributed by atoms with Gasteiger partial charge in [-0.25, -0.2) is 13.1 Å². The van der Waals surface area contributed by atoms with Gasteiger partial charge in [-0.3, -0.25) is 9.59 Å². The molecule has 0 aliphatic carbocycles. The summed E-state index contributed by atoms with van der Waals surface area (Å²) in [4.78, 5) is 27.4. The largest absolute Gasteiger partial charge is 0.494 e. The lowest BCUT2D eigenvalue weighted by Gasteiger charge is -2.36. The fourth-order valence-corrected chi connectivity index (χ4v) is 4.18. The first-order chi connectivity index (χ1) is 13.6. The van der Waals surface area contributed by atoms with Crippen molar-refractivity contribution in [3.8, 4) is 5.75 Å². The number of ether oxygens (including phenoxy) is 1. The highest BCUT2D eigenvalue weighted by Crippen LogP contribution is 2.16. The maximum Gasteiger partial charge on any atom is 0.251 e. The molecule has 0 bridgehead atoms. The first-order valence-electron chi connectivity index (χ1n) is 9.90. The summed E-state index contributed by atoms with van der Waals surface area (Å²) < 4.78 is 31.0. The van der Waals surface area contributed by atoms with E-state index in [2.05, 4.69) is 10.0 Å². The molecule has 0 saturated carbocycles. The van der Waals surface area contributed by atoms with Gasteiger partial charge in [0.15, 0.2) is 0 Å². The molecule has 9 heteroatoms. The molecule has 2 unspecified atom stereocenters. The van der Waals surface area contributed by atoms with Gasteiger partial charge in [-0.2, -0.15) is 0 Å². The predicted octanol–water partition coefficient (Wildman–Crippen LogP) is 1.38. The summed E-state index contributed by atoms with van der Waals surface area (Å²) in [6.45, 7) is 7.02. The van der Waals surface area contributed by atoms with Crippen LogP contribution in [0, 0.1) is 5.92 Å². The second-order valence-corrected chi connectivity index (χ2v) is 9.45. The highest BCUT2D eigenvalue weighted by atomic mass is 32.2. The van der Waals surface area contributed by atoms with Crippen LogP contribution in [0.1, 0.15) is 44.0 Å². The van der Waals surface area contributed by atoms with Gasteiger partial charge in [-0.05, 0) is 49.9 Å². The summed E-state index contributed by atoms with van der Waals surface area (Å²) in [5.41, 5.74) is 0.446. The van der Waals surface area contributed by atoms with E-state index < -0.39 is 16.1 Å². The zero-order chi connectivity index (χ0) is 21.6. The number of amides is 2. The molecule has 1 saturated heterocycles. The molecule has 1 aliphatic heterocycles. The van der Waals surface area contributed by atoms with Crippen LogP contribution in [0.4, 0.5) is 0 Å². The van der Waals surface area contributed by atoms with Crippen molar-refractivity contribution >= 4 is 21.8 Å². The third kappa shape index (κ3) is 7.01. The number of sulfonamides is 1. The monoisotopic (exact) mass is 425 g/mol. The number of rotatable bonds is 8. The Labute approximate surface area is 173 Å². The number of nitrogens with zero attached hydrogens (tertiary/aromatic N) is 1. The van der Waals surface area contributed by atoms with Crippen molar-refractivity contribution in [3.05, 3.63) is 29.8 Å². The molecule has 2 rings (SSSR count). The second-order valence-electron chi connectivity index (χ2n) is 7.67. The number of likely N-dealkylation sites (tertiary alicyclic amines) is 1. The molecule has 0 aromatic heterocycles. The minimum absolute atomic E-state index is 0.114. The number of piperidine rings is 1. The molecular formula is C20H31N3O5S. The number of benzene rings is 1. The Morgan fingerprint density at radius 2 is 1.90 bits per heavy atom. The van der Waals surface area contributed by atoms with Crippen molar-refractivity contribution in [3.63, 3.8) is 0 Å². The van der Waals surface area contributed by atoms with E-state index >= 15 is 0 Å². The van der Waals surface area contributed by atoms with Crippen molar-refractivity contribution in [1.82, 2.24) is 14.9 Å². The lowest BCUT2D eigenvalue weighted by atomic mass is 9.99. The maximum absolute atomic E-state index is 13.1. The van der Waals surface area contributed by atoms with Gasteiger partial charge in [-0.1, -0.05) is 13.8 Å². The van der Waals surface area contributed by atoms with Crippen molar-refractivity contribution in [1.29, 1.82) is 0 Å². The average molecular weight is 426 g/mol. The number of hydrogen-bond acceptors (Lipinski definition) is 5. The molecule has 2 amide bonds. The SMILES string of the molecule is CCOc1ccc(C(=O)NC(C(=O)N2CCCC(NS(C)(=O)=O)C2)C(C)C)cc1. The van der Waals surface area contributed by atoms with E-state index in [-0.39, 0.29) is 23.8 Å². The maximum atomic E-state index is 13.1. The fourth-order valence-electron chi connectivity index (χ4n) is 3.38. The smallest absolute Gasteiger partial charge is 0.251 e. The van der Waals surface area contributed by atoms with E-state index in [1.54, 1.807) is 29.2 Å². The van der Waals surface area contributed by atoms with Gasteiger partial charge in [0, 0.05) is 24.7 Å². The van der Waals surface area contributed by atoms with Crippen molar-refractivity contribution in [2.24, 2.45) is 5.92 Å². The molecule has 1 aromatic carbocycles. The van der Waals surface area contributed by atoms with Gasteiger partial charge in [0.05, 0.1) is 12.9 Å². The Morgan fingerprint density at radius 1 is 1.24 bits per heavy atom. The lowest BCUT2D eigenvalue weighted by Crippen LogP contribution is -2.56. The van der Waals surface area contributed by atoms with Crippen LogP contribution in [0.3, 0.4) is 0 Å². The van der Waals surface area contributed by atoms with E-state index in [9.17, 15) is 18.0 Å². The van der Waals surface area contributed by atoms with E-state index in [0.29, 0.717) is 43.9 Å². The van der Waals surface area contributed by atoms with Gasteiger partial charge in [-0.15, -0.1) is 0 Å². The van der Waals surface area contributed by atoms with E-state index in [1.165, 1.54) is 0 Å². The van der Waals surface area contributed by atoms with Gasteiger partial charge < -0.3 is 15.0 Å². The van der Waals surface area contributed by atoms with E-state index in [4.69, 9.17) is 4.74 Å².